The van der Waals surface area contributed by atoms with Crippen LogP contribution in [0.15, 0.2) is 17.1 Å². The molecule has 0 spiro atoms. The Labute approximate surface area is 187 Å². The molecule has 0 radical (unpaired) electrons. The Morgan fingerprint density at radius 1 is 1.00 bits per heavy atom. The molecule has 0 bridgehead atoms. The van der Waals surface area contributed by atoms with Crippen molar-refractivity contribution in [2.75, 3.05) is 52.4 Å². The van der Waals surface area contributed by atoms with Gasteiger partial charge in [0, 0.05) is 49.0 Å². The first kappa shape index (κ1) is 24.7. The molecule has 1 fully saturated rings. The number of guanidine groups is 1. The predicted octanol–water partition coefficient (Wildman–Crippen LogP) is 3.40. The molecule has 0 aliphatic carbocycles. The monoisotopic (exact) mass is 507 g/mol. The van der Waals surface area contributed by atoms with Crippen LogP contribution in [0.1, 0.15) is 43.4 Å². The summed E-state index contributed by atoms with van der Waals surface area (Å²) in [6.45, 7) is 16.6. The molecule has 1 aromatic heterocycles. The standard InChI is InChI=1S/C20H37N5S.HI/c1-4-18-9-10-19(26-18)17-23-20(21-5-2)22-11-7-8-12-25-15-13-24(6-3)14-16-25;/h9-10H,4-8,11-17H2,1-3H3,(H2,21,22,23);1H. The topological polar surface area (TPSA) is 42.9 Å². The maximum Gasteiger partial charge on any atom is 0.191 e. The van der Waals surface area contributed by atoms with Crippen molar-refractivity contribution in [2.24, 2.45) is 4.99 Å². The molecule has 2 N–H and O–H groups in total. The smallest absolute Gasteiger partial charge is 0.191 e. The van der Waals surface area contributed by atoms with Gasteiger partial charge in [-0.1, -0.05) is 13.8 Å². The quantitative estimate of drug-likeness (QED) is 0.221. The van der Waals surface area contributed by atoms with E-state index in [4.69, 9.17) is 4.99 Å². The van der Waals surface area contributed by atoms with Crippen LogP contribution in [0.4, 0.5) is 0 Å². The second-order valence-corrected chi connectivity index (χ2v) is 8.08. The molecule has 0 aromatic carbocycles. The largest absolute Gasteiger partial charge is 0.357 e. The van der Waals surface area contributed by atoms with Crippen molar-refractivity contribution in [3.05, 3.63) is 21.9 Å². The van der Waals surface area contributed by atoms with E-state index in [0.717, 1.165) is 32.0 Å². The highest BCUT2D eigenvalue weighted by Crippen LogP contribution is 2.17. The molecular weight excluding hydrogens is 469 g/mol. The highest BCUT2D eigenvalue weighted by atomic mass is 127. The molecule has 27 heavy (non-hydrogen) atoms. The Balaban J connectivity index is 0.00000364. The van der Waals surface area contributed by atoms with Crippen molar-refractivity contribution < 1.29 is 0 Å². The number of rotatable bonds is 10. The van der Waals surface area contributed by atoms with Gasteiger partial charge in [-0.2, -0.15) is 0 Å². The number of hydrogen-bond donors (Lipinski definition) is 2. The van der Waals surface area contributed by atoms with Gasteiger partial charge in [0.05, 0.1) is 6.54 Å². The highest BCUT2D eigenvalue weighted by Gasteiger charge is 2.14. The number of nitrogens with one attached hydrogen (secondary N) is 2. The average Bonchev–Trinajstić information content (AvgIpc) is 3.14. The number of halogens is 1. The summed E-state index contributed by atoms with van der Waals surface area (Å²) >= 11 is 1.87. The van der Waals surface area contributed by atoms with Crippen LogP contribution in [0.5, 0.6) is 0 Å². The fraction of sp³-hybridized carbons (Fsp3) is 0.750. The van der Waals surface area contributed by atoms with Crippen LogP contribution in [0.2, 0.25) is 0 Å². The number of thiophene rings is 1. The number of unbranched alkanes of at least 4 members (excludes halogenated alkanes) is 1. The van der Waals surface area contributed by atoms with Gasteiger partial charge in [0.25, 0.3) is 0 Å². The van der Waals surface area contributed by atoms with Gasteiger partial charge in [0.15, 0.2) is 5.96 Å². The first-order chi connectivity index (χ1) is 12.7. The van der Waals surface area contributed by atoms with Crippen LogP contribution in [0, 0.1) is 0 Å². The minimum Gasteiger partial charge on any atom is -0.357 e. The minimum absolute atomic E-state index is 0. The molecule has 7 heteroatoms. The Morgan fingerprint density at radius 3 is 2.33 bits per heavy atom. The Hall–Kier alpha value is -0.380. The van der Waals surface area contributed by atoms with Gasteiger partial charge in [-0.25, -0.2) is 4.99 Å². The molecule has 0 amide bonds. The van der Waals surface area contributed by atoms with E-state index in [9.17, 15) is 0 Å². The van der Waals surface area contributed by atoms with E-state index in [-0.39, 0.29) is 24.0 Å². The first-order valence-corrected chi connectivity index (χ1v) is 11.1. The van der Waals surface area contributed by atoms with Gasteiger partial charge in [0.2, 0.25) is 0 Å². The van der Waals surface area contributed by atoms with Gasteiger partial charge in [-0.15, -0.1) is 35.3 Å². The summed E-state index contributed by atoms with van der Waals surface area (Å²) in [7, 11) is 0. The minimum atomic E-state index is 0. The fourth-order valence-electron chi connectivity index (χ4n) is 3.19. The van der Waals surface area contributed by atoms with E-state index in [1.165, 1.54) is 61.9 Å². The summed E-state index contributed by atoms with van der Waals surface area (Å²) in [6.07, 6.45) is 3.56. The van der Waals surface area contributed by atoms with Crippen molar-refractivity contribution in [3.63, 3.8) is 0 Å². The lowest BCUT2D eigenvalue weighted by atomic mass is 10.2. The molecule has 2 heterocycles. The van der Waals surface area contributed by atoms with Gasteiger partial charge in [0.1, 0.15) is 0 Å². The van der Waals surface area contributed by atoms with Crippen LogP contribution in [-0.4, -0.2) is 68.1 Å². The predicted molar refractivity (Wildman–Crippen MR) is 130 cm³/mol. The second kappa shape index (κ2) is 14.6. The Bertz CT molecular complexity index is 526. The lowest BCUT2D eigenvalue weighted by Gasteiger charge is -2.34. The van der Waals surface area contributed by atoms with Crippen LogP contribution in [0.3, 0.4) is 0 Å². The molecule has 0 saturated carbocycles. The van der Waals surface area contributed by atoms with Gasteiger partial charge in [-0.05, 0) is 51.4 Å². The number of likely N-dealkylation sites (N-methyl/N-ethyl adjacent to an activating group) is 1. The second-order valence-electron chi connectivity index (χ2n) is 6.83. The molecule has 0 atom stereocenters. The SMILES string of the molecule is CCNC(=NCc1ccc(CC)s1)NCCCCN1CCN(CC)CC1.I. The molecule has 156 valence electrons. The van der Waals surface area contributed by atoms with E-state index in [2.05, 4.69) is 53.3 Å². The van der Waals surface area contributed by atoms with E-state index in [0.29, 0.717) is 0 Å². The molecule has 1 aliphatic heterocycles. The third-order valence-corrected chi connectivity index (χ3v) is 6.12. The van der Waals surface area contributed by atoms with E-state index in [1.807, 2.05) is 11.3 Å². The van der Waals surface area contributed by atoms with Gasteiger partial charge < -0.3 is 20.4 Å². The Morgan fingerprint density at radius 2 is 1.70 bits per heavy atom. The third-order valence-electron chi connectivity index (χ3n) is 4.91. The van der Waals surface area contributed by atoms with Crippen LogP contribution in [-0.2, 0) is 13.0 Å². The molecule has 2 rings (SSSR count). The zero-order chi connectivity index (χ0) is 18.6. The van der Waals surface area contributed by atoms with Gasteiger partial charge in [-0.3, -0.25) is 0 Å². The summed E-state index contributed by atoms with van der Waals surface area (Å²) < 4.78 is 0. The first-order valence-electron chi connectivity index (χ1n) is 10.3. The maximum atomic E-state index is 4.73. The molecular formula is C20H38IN5S. The molecule has 0 unspecified atom stereocenters. The van der Waals surface area contributed by atoms with Crippen molar-refractivity contribution in [3.8, 4) is 0 Å². The Kier molecular flexibility index (Phi) is 13.3. The molecule has 5 nitrogen and oxygen atoms in total. The van der Waals surface area contributed by atoms with E-state index < -0.39 is 0 Å². The van der Waals surface area contributed by atoms with Crippen molar-refractivity contribution >= 4 is 41.3 Å². The fourth-order valence-corrected chi connectivity index (χ4v) is 4.07. The van der Waals surface area contributed by atoms with Crippen LogP contribution in [0.25, 0.3) is 0 Å². The summed E-state index contributed by atoms with van der Waals surface area (Å²) in [5.74, 6) is 0.940. The summed E-state index contributed by atoms with van der Waals surface area (Å²) in [5.41, 5.74) is 0. The number of aryl methyl sites for hydroxylation is 1. The molecule has 1 aromatic rings. The normalized spacial score (nSPS) is 16.2. The summed E-state index contributed by atoms with van der Waals surface area (Å²) in [4.78, 5) is 12.6. The lowest BCUT2D eigenvalue weighted by Crippen LogP contribution is -2.46. The van der Waals surface area contributed by atoms with E-state index in [1.54, 1.807) is 0 Å². The van der Waals surface area contributed by atoms with E-state index >= 15 is 0 Å². The zero-order valence-corrected chi connectivity index (χ0v) is 20.4. The van der Waals surface area contributed by atoms with Gasteiger partial charge >= 0.3 is 0 Å². The molecule has 1 saturated heterocycles. The molecule has 1 aliphatic rings. The third kappa shape index (κ3) is 9.58. The summed E-state index contributed by atoms with van der Waals surface area (Å²) in [6, 6.07) is 4.42. The number of nitrogens with zero attached hydrogens (tertiary/aromatic N) is 3. The number of hydrogen-bond acceptors (Lipinski definition) is 4. The maximum absolute atomic E-state index is 4.73. The van der Waals surface area contributed by atoms with Crippen molar-refractivity contribution in [1.82, 2.24) is 20.4 Å². The zero-order valence-electron chi connectivity index (χ0n) is 17.3. The highest BCUT2D eigenvalue weighted by molar-refractivity contribution is 14.0. The number of piperazine rings is 1. The van der Waals surface area contributed by atoms with Crippen molar-refractivity contribution in [1.29, 1.82) is 0 Å². The van der Waals surface area contributed by atoms with Crippen LogP contribution >= 0.6 is 35.3 Å². The lowest BCUT2D eigenvalue weighted by molar-refractivity contribution is 0.136. The van der Waals surface area contributed by atoms with Crippen LogP contribution < -0.4 is 10.6 Å². The average molecular weight is 508 g/mol. The van der Waals surface area contributed by atoms with Crippen molar-refractivity contribution in [2.45, 2.75) is 46.6 Å². The summed E-state index contributed by atoms with van der Waals surface area (Å²) in [5, 5.41) is 6.84. The number of aliphatic imine (C=N–C) groups is 1.